The molecule has 0 aliphatic heterocycles. The van der Waals surface area contributed by atoms with Gasteiger partial charge >= 0.3 is 0 Å². The van der Waals surface area contributed by atoms with Gasteiger partial charge in [0.05, 0.1) is 4.92 Å². The smallest absolute Gasteiger partial charge is 0.282 e. The molecule has 92 valence electrons. The van der Waals surface area contributed by atoms with Crippen molar-refractivity contribution in [3.8, 4) is 0 Å². The van der Waals surface area contributed by atoms with Crippen LogP contribution in [0.4, 0.5) is 5.69 Å². The Morgan fingerprint density at radius 1 is 1.33 bits per heavy atom. The van der Waals surface area contributed by atoms with Crippen LogP contribution in [-0.2, 0) is 6.54 Å². The van der Waals surface area contributed by atoms with E-state index in [4.69, 9.17) is 0 Å². The molecular weight excluding hydrogens is 234 g/mol. The lowest BCUT2D eigenvalue weighted by Gasteiger charge is -2.04. The molecule has 2 N–H and O–H groups in total. The third kappa shape index (κ3) is 2.54. The molecule has 0 aliphatic carbocycles. The van der Waals surface area contributed by atoms with Gasteiger partial charge in [-0.25, -0.2) is 0 Å². The molecule has 6 nitrogen and oxygen atoms in total. The van der Waals surface area contributed by atoms with Gasteiger partial charge in [0, 0.05) is 25.0 Å². The zero-order valence-corrected chi connectivity index (χ0v) is 9.42. The highest BCUT2D eigenvalue weighted by molar-refractivity contribution is 5.98. The van der Waals surface area contributed by atoms with Crippen molar-refractivity contribution < 1.29 is 9.72 Å². The second-order valence-electron chi connectivity index (χ2n) is 3.68. The first-order valence-electron chi connectivity index (χ1n) is 5.32. The van der Waals surface area contributed by atoms with E-state index < -0.39 is 10.8 Å². The monoisotopic (exact) mass is 245 g/mol. The van der Waals surface area contributed by atoms with Crippen LogP contribution in [0.1, 0.15) is 15.9 Å². The summed E-state index contributed by atoms with van der Waals surface area (Å²) in [4.78, 5) is 24.9. The molecule has 0 unspecified atom stereocenters. The number of para-hydroxylation sites is 1. The molecule has 6 heteroatoms. The van der Waals surface area contributed by atoms with Crippen LogP contribution < -0.4 is 5.32 Å². The van der Waals surface area contributed by atoms with Gasteiger partial charge in [0.2, 0.25) is 0 Å². The van der Waals surface area contributed by atoms with E-state index in [9.17, 15) is 14.9 Å². The summed E-state index contributed by atoms with van der Waals surface area (Å²) < 4.78 is 0. The number of nitro groups is 1. The molecular formula is C12H11N3O3. The minimum absolute atomic E-state index is 0.0676. The summed E-state index contributed by atoms with van der Waals surface area (Å²) in [5.41, 5.74) is 0.782. The van der Waals surface area contributed by atoms with E-state index in [1.54, 1.807) is 18.5 Å². The number of nitrogens with zero attached hydrogens (tertiary/aromatic N) is 1. The summed E-state index contributed by atoms with van der Waals surface area (Å²) in [6.07, 6.45) is 3.49. The summed E-state index contributed by atoms with van der Waals surface area (Å²) in [5.74, 6) is -0.455. The largest absolute Gasteiger partial charge is 0.367 e. The maximum Gasteiger partial charge on any atom is 0.282 e. The number of rotatable bonds is 4. The molecule has 0 spiro atoms. The first-order valence-corrected chi connectivity index (χ1v) is 5.32. The molecule has 0 bridgehead atoms. The minimum atomic E-state index is -0.564. The molecule has 18 heavy (non-hydrogen) atoms. The fraction of sp³-hybridized carbons (Fsp3) is 0.0833. The number of aromatic amines is 1. The average Bonchev–Trinajstić information content (AvgIpc) is 2.89. The number of nitrogens with one attached hydrogen (secondary N) is 2. The molecule has 2 rings (SSSR count). The molecule has 0 saturated heterocycles. The molecule has 1 amide bonds. The Balaban J connectivity index is 2.11. The van der Waals surface area contributed by atoms with Crippen molar-refractivity contribution >= 4 is 11.6 Å². The standard InChI is InChI=1S/C12H11N3O3/c16-12(14-8-9-5-6-13-7-9)10-3-1-2-4-11(10)15(17)18/h1-7,13H,8H2,(H,14,16). The molecule has 2 aromatic rings. The molecule has 1 aromatic carbocycles. The van der Waals surface area contributed by atoms with Gasteiger partial charge in [0.25, 0.3) is 11.6 Å². The maximum absolute atomic E-state index is 11.8. The zero-order valence-electron chi connectivity index (χ0n) is 9.42. The summed E-state index contributed by atoms with van der Waals surface area (Å²) in [6, 6.07) is 7.69. The van der Waals surface area contributed by atoms with Gasteiger partial charge < -0.3 is 10.3 Å². The van der Waals surface area contributed by atoms with Crippen LogP contribution in [0, 0.1) is 10.1 Å². The van der Waals surface area contributed by atoms with E-state index in [1.807, 2.05) is 6.07 Å². The molecule has 0 radical (unpaired) electrons. The normalized spacial score (nSPS) is 10.0. The first kappa shape index (κ1) is 11.8. The van der Waals surface area contributed by atoms with E-state index in [0.29, 0.717) is 6.54 Å². The van der Waals surface area contributed by atoms with E-state index in [-0.39, 0.29) is 11.3 Å². The second-order valence-corrected chi connectivity index (χ2v) is 3.68. The number of carbonyl (C=O) groups excluding carboxylic acids is 1. The number of hydrogen-bond acceptors (Lipinski definition) is 3. The predicted octanol–water partition coefficient (Wildman–Crippen LogP) is 1.85. The van der Waals surface area contributed by atoms with Crippen molar-refractivity contribution in [1.82, 2.24) is 10.3 Å². The zero-order chi connectivity index (χ0) is 13.0. The topological polar surface area (TPSA) is 88.0 Å². The Hall–Kier alpha value is -2.63. The summed E-state index contributed by atoms with van der Waals surface area (Å²) >= 11 is 0. The number of benzene rings is 1. The van der Waals surface area contributed by atoms with Crippen molar-refractivity contribution in [2.75, 3.05) is 0 Å². The van der Waals surface area contributed by atoms with Crippen LogP contribution >= 0.6 is 0 Å². The Morgan fingerprint density at radius 2 is 2.11 bits per heavy atom. The fourth-order valence-electron chi connectivity index (χ4n) is 1.57. The summed E-state index contributed by atoms with van der Waals surface area (Å²) in [6.45, 7) is 0.328. The highest BCUT2D eigenvalue weighted by atomic mass is 16.6. The highest BCUT2D eigenvalue weighted by Crippen LogP contribution is 2.17. The number of aromatic nitrogens is 1. The van der Waals surface area contributed by atoms with Gasteiger partial charge in [-0.3, -0.25) is 14.9 Å². The molecule has 0 fully saturated rings. The predicted molar refractivity (Wildman–Crippen MR) is 65.1 cm³/mol. The van der Waals surface area contributed by atoms with Crippen LogP contribution in [0.5, 0.6) is 0 Å². The van der Waals surface area contributed by atoms with Gasteiger partial charge in [-0.2, -0.15) is 0 Å². The summed E-state index contributed by atoms with van der Waals surface area (Å²) in [5, 5.41) is 13.4. The van der Waals surface area contributed by atoms with Gasteiger partial charge in [0.15, 0.2) is 0 Å². The lowest BCUT2D eigenvalue weighted by molar-refractivity contribution is -0.385. The lowest BCUT2D eigenvalue weighted by Crippen LogP contribution is -2.23. The van der Waals surface area contributed by atoms with Crippen LogP contribution in [0.25, 0.3) is 0 Å². The summed E-state index contributed by atoms with van der Waals surface area (Å²) in [7, 11) is 0. The highest BCUT2D eigenvalue weighted by Gasteiger charge is 2.18. The third-order valence-corrected chi connectivity index (χ3v) is 2.46. The van der Waals surface area contributed by atoms with Crippen LogP contribution in [0.3, 0.4) is 0 Å². The lowest BCUT2D eigenvalue weighted by atomic mass is 10.1. The molecule has 1 heterocycles. The third-order valence-electron chi connectivity index (χ3n) is 2.46. The van der Waals surface area contributed by atoms with Gasteiger partial charge in [-0.1, -0.05) is 12.1 Å². The quantitative estimate of drug-likeness (QED) is 0.636. The molecule has 0 saturated carbocycles. The Bertz CT molecular complexity index is 564. The van der Waals surface area contributed by atoms with Crippen molar-refractivity contribution in [3.05, 3.63) is 64.0 Å². The number of H-pyrrole nitrogens is 1. The van der Waals surface area contributed by atoms with Gasteiger partial charge in [-0.05, 0) is 17.7 Å². The number of hydrogen-bond donors (Lipinski definition) is 2. The Morgan fingerprint density at radius 3 is 2.78 bits per heavy atom. The molecule has 0 aliphatic rings. The van der Waals surface area contributed by atoms with Crippen molar-refractivity contribution in [2.45, 2.75) is 6.54 Å². The van der Waals surface area contributed by atoms with Crippen LogP contribution in [0.15, 0.2) is 42.7 Å². The van der Waals surface area contributed by atoms with Crippen LogP contribution in [0.2, 0.25) is 0 Å². The molecule has 0 atom stereocenters. The second kappa shape index (κ2) is 5.13. The van der Waals surface area contributed by atoms with Gasteiger partial charge in [0.1, 0.15) is 5.56 Å². The molecule has 1 aromatic heterocycles. The van der Waals surface area contributed by atoms with Crippen molar-refractivity contribution in [2.24, 2.45) is 0 Å². The number of amides is 1. The van der Waals surface area contributed by atoms with E-state index in [1.165, 1.54) is 18.2 Å². The minimum Gasteiger partial charge on any atom is -0.367 e. The van der Waals surface area contributed by atoms with E-state index in [0.717, 1.165) is 5.56 Å². The van der Waals surface area contributed by atoms with Crippen LogP contribution in [-0.4, -0.2) is 15.8 Å². The fourth-order valence-corrected chi connectivity index (χ4v) is 1.57. The first-order chi connectivity index (χ1) is 8.68. The Kier molecular flexibility index (Phi) is 3.38. The Labute approximate surface area is 103 Å². The van der Waals surface area contributed by atoms with Gasteiger partial charge in [-0.15, -0.1) is 0 Å². The number of carbonyl (C=O) groups is 1. The number of nitro benzene ring substituents is 1. The average molecular weight is 245 g/mol. The van der Waals surface area contributed by atoms with E-state index in [2.05, 4.69) is 10.3 Å². The van der Waals surface area contributed by atoms with Crippen molar-refractivity contribution in [3.63, 3.8) is 0 Å². The van der Waals surface area contributed by atoms with Crippen molar-refractivity contribution in [1.29, 1.82) is 0 Å². The maximum atomic E-state index is 11.8. The SMILES string of the molecule is O=C(NCc1cc[nH]c1)c1ccccc1[N+](=O)[O-]. The van der Waals surface area contributed by atoms with E-state index >= 15 is 0 Å².